The van der Waals surface area contributed by atoms with Gasteiger partial charge < -0.3 is 5.32 Å². The topological polar surface area (TPSA) is 12.0 Å². The van der Waals surface area contributed by atoms with E-state index in [2.05, 4.69) is 21.2 Å². The second kappa shape index (κ2) is 6.95. The zero-order valence-electron chi connectivity index (χ0n) is 11.2. The fourth-order valence-corrected chi connectivity index (χ4v) is 2.73. The van der Waals surface area contributed by atoms with E-state index >= 15 is 0 Å². The SMILES string of the molecule is CCNC(Cc1cc(F)cc(Br)c1)c1ccc(F)cc1. The van der Waals surface area contributed by atoms with Crippen LogP contribution in [0.25, 0.3) is 0 Å². The molecule has 2 rings (SSSR count). The van der Waals surface area contributed by atoms with Crippen molar-refractivity contribution in [2.45, 2.75) is 19.4 Å². The summed E-state index contributed by atoms with van der Waals surface area (Å²) in [7, 11) is 0. The van der Waals surface area contributed by atoms with Crippen LogP contribution in [-0.4, -0.2) is 6.54 Å². The van der Waals surface area contributed by atoms with Crippen LogP contribution in [0.5, 0.6) is 0 Å². The maximum atomic E-state index is 13.4. The van der Waals surface area contributed by atoms with Gasteiger partial charge in [-0.3, -0.25) is 0 Å². The van der Waals surface area contributed by atoms with Crippen LogP contribution in [0.2, 0.25) is 0 Å². The highest BCUT2D eigenvalue weighted by atomic mass is 79.9. The van der Waals surface area contributed by atoms with Gasteiger partial charge in [0.25, 0.3) is 0 Å². The maximum absolute atomic E-state index is 13.4. The molecule has 106 valence electrons. The largest absolute Gasteiger partial charge is 0.310 e. The molecule has 0 amide bonds. The zero-order valence-corrected chi connectivity index (χ0v) is 12.8. The van der Waals surface area contributed by atoms with E-state index in [9.17, 15) is 8.78 Å². The monoisotopic (exact) mass is 339 g/mol. The molecule has 0 spiro atoms. The minimum Gasteiger partial charge on any atom is -0.310 e. The van der Waals surface area contributed by atoms with E-state index in [4.69, 9.17) is 0 Å². The summed E-state index contributed by atoms with van der Waals surface area (Å²) in [6.07, 6.45) is 0.649. The number of nitrogens with one attached hydrogen (secondary N) is 1. The Labute approximate surface area is 126 Å². The van der Waals surface area contributed by atoms with Gasteiger partial charge >= 0.3 is 0 Å². The Morgan fingerprint density at radius 2 is 1.75 bits per heavy atom. The average molecular weight is 340 g/mol. The van der Waals surface area contributed by atoms with Gasteiger partial charge in [-0.05, 0) is 54.4 Å². The third-order valence-electron chi connectivity index (χ3n) is 3.09. The van der Waals surface area contributed by atoms with Crippen LogP contribution in [0, 0.1) is 11.6 Å². The molecule has 0 aliphatic heterocycles. The Bertz CT molecular complexity index is 549. The minimum absolute atomic E-state index is 0.0364. The molecule has 0 saturated heterocycles. The second-order valence-corrected chi connectivity index (χ2v) is 5.56. The predicted molar refractivity (Wildman–Crippen MR) is 80.6 cm³/mol. The molecule has 1 N–H and O–H groups in total. The zero-order chi connectivity index (χ0) is 14.5. The lowest BCUT2D eigenvalue weighted by Gasteiger charge is -2.19. The lowest BCUT2D eigenvalue weighted by Crippen LogP contribution is -2.23. The van der Waals surface area contributed by atoms with Gasteiger partial charge in [-0.2, -0.15) is 0 Å². The summed E-state index contributed by atoms with van der Waals surface area (Å²) in [6.45, 7) is 2.80. The van der Waals surface area contributed by atoms with Crippen molar-refractivity contribution in [1.29, 1.82) is 0 Å². The van der Waals surface area contributed by atoms with Crippen molar-refractivity contribution in [2.24, 2.45) is 0 Å². The van der Waals surface area contributed by atoms with Gasteiger partial charge in [-0.1, -0.05) is 35.0 Å². The first kappa shape index (κ1) is 15.1. The van der Waals surface area contributed by atoms with Gasteiger partial charge in [0.2, 0.25) is 0 Å². The molecule has 2 aromatic carbocycles. The molecule has 4 heteroatoms. The lowest BCUT2D eigenvalue weighted by atomic mass is 9.98. The Morgan fingerprint density at radius 1 is 1.05 bits per heavy atom. The molecule has 0 fully saturated rings. The van der Waals surface area contributed by atoms with Crippen LogP contribution >= 0.6 is 15.9 Å². The summed E-state index contributed by atoms with van der Waals surface area (Å²) in [5.74, 6) is -0.513. The number of likely N-dealkylation sites (N-methyl/N-ethyl adjacent to an activating group) is 1. The molecule has 1 atom stereocenters. The molecule has 0 aromatic heterocycles. The summed E-state index contributed by atoms with van der Waals surface area (Å²) in [5, 5.41) is 3.35. The average Bonchev–Trinajstić information content (AvgIpc) is 2.38. The van der Waals surface area contributed by atoms with E-state index in [1.807, 2.05) is 13.0 Å². The van der Waals surface area contributed by atoms with Crippen LogP contribution < -0.4 is 5.32 Å². The highest BCUT2D eigenvalue weighted by Gasteiger charge is 2.12. The number of halogens is 3. The van der Waals surface area contributed by atoms with E-state index in [-0.39, 0.29) is 17.7 Å². The molecule has 0 heterocycles. The number of hydrogen-bond donors (Lipinski definition) is 1. The quantitative estimate of drug-likeness (QED) is 0.837. The Morgan fingerprint density at radius 3 is 2.35 bits per heavy atom. The molecule has 1 unspecified atom stereocenters. The predicted octanol–water partition coefficient (Wildman–Crippen LogP) is 4.62. The van der Waals surface area contributed by atoms with Crippen molar-refractivity contribution in [3.8, 4) is 0 Å². The highest BCUT2D eigenvalue weighted by molar-refractivity contribution is 9.10. The Kier molecular flexibility index (Phi) is 5.26. The van der Waals surface area contributed by atoms with E-state index in [1.165, 1.54) is 24.3 Å². The first-order chi connectivity index (χ1) is 9.58. The van der Waals surface area contributed by atoms with Crippen molar-refractivity contribution in [2.75, 3.05) is 6.54 Å². The second-order valence-electron chi connectivity index (χ2n) is 4.64. The van der Waals surface area contributed by atoms with E-state index in [0.29, 0.717) is 6.42 Å². The van der Waals surface area contributed by atoms with Crippen molar-refractivity contribution < 1.29 is 8.78 Å². The third-order valence-corrected chi connectivity index (χ3v) is 3.54. The molecule has 20 heavy (non-hydrogen) atoms. The van der Waals surface area contributed by atoms with E-state index < -0.39 is 0 Å². The minimum atomic E-state index is -0.260. The Balaban J connectivity index is 2.22. The van der Waals surface area contributed by atoms with Crippen LogP contribution in [0.4, 0.5) is 8.78 Å². The first-order valence-corrected chi connectivity index (χ1v) is 7.31. The molecule has 2 aromatic rings. The van der Waals surface area contributed by atoms with Crippen molar-refractivity contribution in [3.63, 3.8) is 0 Å². The van der Waals surface area contributed by atoms with Crippen LogP contribution in [0.1, 0.15) is 24.1 Å². The van der Waals surface area contributed by atoms with Crippen LogP contribution in [0.15, 0.2) is 46.9 Å². The molecule has 0 radical (unpaired) electrons. The molecule has 0 bridgehead atoms. The Hall–Kier alpha value is -1.26. The highest BCUT2D eigenvalue weighted by Crippen LogP contribution is 2.22. The van der Waals surface area contributed by atoms with Gasteiger partial charge in [0.05, 0.1) is 0 Å². The summed E-state index contributed by atoms with van der Waals surface area (Å²) in [4.78, 5) is 0. The smallest absolute Gasteiger partial charge is 0.124 e. The molecular formula is C16H16BrF2N. The number of rotatable bonds is 5. The maximum Gasteiger partial charge on any atom is 0.124 e. The lowest BCUT2D eigenvalue weighted by molar-refractivity contribution is 0.544. The summed E-state index contributed by atoms with van der Waals surface area (Å²) < 4.78 is 27.1. The molecule has 1 nitrogen and oxygen atoms in total. The van der Waals surface area contributed by atoms with Crippen LogP contribution in [0.3, 0.4) is 0 Å². The fraction of sp³-hybridized carbons (Fsp3) is 0.250. The third kappa shape index (κ3) is 4.12. The van der Waals surface area contributed by atoms with Gasteiger partial charge in [0.15, 0.2) is 0 Å². The van der Waals surface area contributed by atoms with Gasteiger partial charge in [0, 0.05) is 10.5 Å². The molecule has 0 aliphatic rings. The van der Waals surface area contributed by atoms with E-state index in [0.717, 1.165) is 22.1 Å². The number of benzene rings is 2. The van der Waals surface area contributed by atoms with Gasteiger partial charge in [-0.25, -0.2) is 8.78 Å². The first-order valence-electron chi connectivity index (χ1n) is 6.52. The van der Waals surface area contributed by atoms with Crippen LogP contribution in [-0.2, 0) is 6.42 Å². The number of hydrogen-bond acceptors (Lipinski definition) is 1. The molecule has 0 aliphatic carbocycles. The normalized spacial score (nSPS) is 12.4. The van der Waals surface area contributed by atoms with Crippen molar-refractivity contribution in [1.82, 2.24) is 5.32 Å². The summed E-state index contributed by atoms with van der Waals surface area (Å²) in [5.41, 5.74) is 1.89. The summed E-state index contributed by atoms with van der Waals surface area (Å²) >= 11 is 3.30. The fourth-order valence-electron chi connectivity index (χ4n) is 2.21. The summed E-state index contributed by atoms with van der Waals surface area (Å²) in [6, 6.07) is 11.3. The van der Waals surface area contributed by atoms with E-state index in [1.54, 1.807) is 12.1 Å². The standard InChI is InChI=1S/C16H16BrF2N/c1-2-20-16(12-3-5-14(18)6-4-12)9-11-7-13(17)10-15(19)8-11/h3-8,10,16,20H,2,9H2,1H3. The van der Waals surface area contributed by atoms with Crippen molar-refractivity contribution in [3.05, 3.63) is 69.7 Å². The molecule has 0 saturated carbocycles. The molecular weight excluding hydrogens is 324 g/mol. The van der Waals surface area contributed by atoms with Gasteiger partial charge in [0.1, 0.15) is 11.6 Å². The van der Waals surface area contributed by atoms with Gasteiger partial charge in [-0.15, -0.1) is 0 Å². The van der Waals surface area contributed by atoms with Crippen molar-refractivity contribution >= 4 is 15.9 Å².